The summed E-state index contributed by atoms with van der Waals surface area (Å²) in [6.45, 7) is 8.84. The number of hydrogen-bond donors (Lipinski definition) is 0. The molecule has 16 heavy (non-hydrogen) atoms. The van der Waals surface area contributed by atoms with Gasteiger partial charge in [0.1, 0.15) is 5.56 Å². The molecule has 0 aliphatic carbocycles. The van der Waals surface area contributed by atoms with E-state index in [-0.39, 0.29) is 18.0 Å². The van der Waals surface area contributed by atoms with Crippen molar-refractivity contribution >= 4 is 24.7 Å². The second kappa shape index (κ2) is 5.59. The van der Waals surface area contributed by atoms with Crippen LogP contribution in [0, 0.1) is 0 Å². The highest BCUT2D eigenvalue weighted by atomic mass is 16.5. The third kappa shape index (κ3) is 2.41. The first kappa shape index (κ1) is 11.8. The highest BCUT2D eigenvalue weighted by molar-refractivity contribution is 5.94. The number of nitrogens with zero attached hydrogens (tertiary/aromatic N) is 4. The zero-order valence-corrected chi connectivity index (χ0v) is 8.96. The minimum atomic E-state index is -0.495. The van der Waals surface area contributed by atoms with E-state index in [0.29, 0.717) is 0 Å². The van der Waals surface area contributed by atoms with Crippen LogP contribution in [0.2, 0.25) is 0 Å². The van der Waals surface area contributed by atoms with E-state index in [9.17, 15) is 4.79 Å². The van der Waals surface area contributed by atoms with Gasteiger partial charge < -0.3 is 4.74 Å². The molecule has 0 unspecified atom stereocenters. The summed E-state index contributed by atoms with van der Waals surface area (Å²) in [4.78, 5) is 16.3. The largest absolute Gasteiger partial charge is 0.462 e. The van der Waals surface area contributed by atoms with Gasteiger partial charge in [-0.15, -0.1) is 4.79 Å². The van der Waals surface area contributed by atoms with Crippen molar-refractivity contribution < 1.29 is 9.53 Å². The Morgan fingerprint density at radius 3 is 3.06 bits per heavy atom. The molecule has 1 aromatic rings. The minimum absolute atomic E-state index is 0.234. The standard InChI is InChI=1S/C10H12N4O2/c1-4-6-12-14-9(11-3)8(7-13-14)10(15)16-5-2/h4,6-7H,1,3,5H2,2H3/b12-6-. The molecule has 84 valence electrons. The number of carbonyl (C=O) groups excluding carboxylic acids is 1. The Hall–Kier alpha value is -2.24. The molecular formula is C10H12N4O2. The fourth-order valence-corrected chi connectivity index (χ4v) is 1.03. The molecule has 0 saturated heterocycles. The number of aromatic nitrogens is 2. The summed E-state index contributed by atoms with van der Waals surface area (Å²) in [5.74, 6) is -0.249. The van der Waals surface area contributed by atoms with Crippen LogP contribution in [0.15, 0.2) is 28.9 Å². The van der Waals surface area contributed by atoms with Crippen LogP contribution in [-0.4, -0.2) is 35.4 Å². The van der Waals surface area contributed by atoms with Crippen LogP contribution in [0.4, 0.5) is 5.82 Å². The molecule has 0 fully saturated rings. The lowest BCUT2D eigenvalue weighted by Crippen LogP contribution is -2.03. The fourth-order valence-electron chi connectivity index (χ4n) is 1.03. The Kier molecular flexibility index (Phi) is 4.14. The number of rotatable bonds is 5. The van der Waals surface area contributed by atoms with Gasteiger partial charge in [-0.3, -0.25) is 0 Å². The second-order valence-corrected chi connectivity index (χ2v) is 2.65. The van der Waals surface area contributed by atoms with Gasteiger partial charge in [0.25, 0.3) is 0 Å². The second-order valence-electron chi connectivity index (χ2n) is 2.65. The molecule has 0 saturated carbocycles. The summed E-state index contributed by atoms with van der Waals surface area (Å²) in [6, 6.07) is 0. The molecule has 1 aromatic heterocycles. The van der Waals surface area contributed by atoms with E-state index in [1.165, 1.54) is 23.3 Å². The molecule has 0 atom stereocenters. The summed E-state index contributed by atoms with van der Waals surface area (Å²) in [6.07, 6.45) is 4.25. The van der Waals surface area contributed by atoms with E-state index in [4.69, 9.17) is 4.74 Å². The first-order valence-corrected chi connectivity index (χ1v) is 4.61. The molecule has 1 heterocycles. The molecule has 6 nitrogen and oxygen atoms in total. The van der Waals surface area contributed by atoms with Gasteiger partial charge in [-0.1, -0.05) is 6.58 Å². The summed E-state index contributed by atoms with van der Waals surface area (Å²) in [5.41, 5.74) is 0.234. The molecule has 6 heteroatoms. The van der Waals surface area contributed by atoms with Crippen molar-refractivity contribution in [2.45, 2.75) is 6.92 Å². The van der Waals surface area contributed by atoms with Gasteiger partial charge in [-0.2, -0.15) is 10.2 Å². The van der Waals surface area contributed by atoms with E-state index in [1.807, 2.05) is 0 Å². The monoisotopic (exact) mass is 220 g/mol. The maximum atomic E-state index is 11.5. The number of hydrogen-bond acceptors (Lipinski definition) is 5. The van der Waals surface area contributed by atoms with Crippen LogP contribution < -0.4 is 0 Å². The van der Waals surface area contributed by atoms with Gasteiger partial charge in [-0.25, -0.2) is 9.79 Å². The maximum Gasteiger partial charge on any atom is 0.343 e. The number of aliphatic imine (C=N–C) groups is 1. The molecule has 0 amide bonds. The van der Waals surface area contributed by atoms with E-state index >= 15 is 0 Å². The average Bonchev–Trinajstić information content (AvgIpc) is 2.69. The first-order valence-electron chi connectivity index (χ1n) is 4.61. The summed E-state index contributed by atoms with van der Waals surface area (Å²) in [5, 5.41) is 7.74. The third-order valence-electron chi connectivity index (χ3n) is 1.65. The summed E-state index contributed by atoms with van der Waals surface area (Å²) >= 11 is 0. The summed E-state index contributed by atoms with van der Waals surface area (Å²) < 4.78 is 4.84. The Morgan fingerprint density at radius 2 is 2.50 bits per heavy atom. The zero-order valence-electron chi connectivity index (χ0n) is 8.96. The minimum Gasteiger partial charge on any atom is -0.462 e. The molecule has 0 aliphatic heterocycles. The van der Waals surface area contributed by atoms with E-state index < -0.39 is 5.97 Å². The van der Waals surface area contributed by atoms with Crippen LogP contribution in [0.25, 0.3) is 0 Å². The quantitative estimate of drug-likeness (QED) is 0.556. The van der Waals surface area contributed by atoms with Crippen molar-refractivity contribution in [1.29, 1.82) is 0 Å². The molecule has 1 rings (SSSR count). The van der Waals surface area contributed by atoms with E-state index in [1.54, 1.807) is 6.92 Å². The Balaban J connectivity index is 3.07. The van der Waals surface area contributed by atoms with Crippen molar-refractivity contribution in [3.63, 3.8) is 0 Å². The number of esters is 1. The molecule has 0 spiro atoms. The van der Waals surface area contributed by atoms with Crippen LogP contribution in [-0.2, 0) is 4.74 Å². The van der Waals surface area contributed by atoms with Crippen molar-refractivity contribution in [2.75, 3.05) is 6.61 Å². The number of allylic oxidation sites excluding steroid dienone is 1. The fraction of sp³-hybridized carbons (Fsp3) is 0.200. The molecular weight excluding hydrogens is 208 g/mol. The maximum absolute atomic E-state index is 11.5. The van der Waals surface area contributed by atoms with E-state index in [0.717, 1.165) is 0 Å². The normalized spacial score (nSPS) is 10.3. The first-order chi connectivity index (χ1) is 7.74. The Morgan fingerprint density at radius 1 is 1.75 bits per heavy atom. The number of ether oxygens (including phenoxy) is 1. The average molecular weight is 220 g/mol. The predicted molar refractivity (Wildman–Crippen MR) is 61.5 cm³/mol. The lowest BCUT2D eigenvalue weighted by atomic mass is 10.3. The van der Waals surface area contributed by atoms with Crippen LogP contribution >= 0.6 is 0 Å². The smallest absolute Gasteiger partial charge is 0.343 e. The Bertz CT molecular complexity index is 434. The van der Waals surface area contributed by atoms with Crippen LogP contribution in [0.1, 0.15) is 17.3 Å². The zero-order chi connectivity index (χ0) is 12.0. The SMILES string of the molecule is C=C/C=N\n1ncc(C(=O)OCC)c1N=C. The molecule has 0 N–H and O–H groups in total. The highest BCUT2D eigenvalue weighted by Crippen LogP contribution is 2.18. The van der Waals surface area contributed by atoms with Crippen molar-refractivity contribution in [3.05, 3.63) is 24.4 Å². The van der Waals surface area contributed by atoms with Gasteiger partial charge in [0.15, 0.2) is 5.82 Å². The van der Waals surface area contributed by atoms with Crippen molar-refractivity contribution in [3.8, 4) is 0 Å². The lowest BCUT2D eigenvalue weighted by Gasteiger charge is -1.99. The molecule has 0 bridgehead atoms. The predicted octanol–water partition coefficient (Wildman–Crippen LogP) is 1.41. The Labute approximate surface area is 92.9 Å². The topological polar surface area (TPSA) is 68.8 Å². The summed E-state index contributed by atoms with van der Waals surface area (Å²) in [7, 11) is 0. The highest BCUT2D eigenvalue weighted by Gasteiger charge is 2.17. The molecule has 0 aromatic carbocycles. The number of carbonyl (C=O) groups is 1. The molecule has 0 aliphatic rings. The van der Waals surface area contributed by atoms with Gasteiger partial charge in [0, 0.05) is 6.21 Å². The van der Waals surface area contributed by atoms with Crippen LogP contribution in [0.5, 0.6) is 0 Å². The van der Waals surface area contributed by atoms with Gasteiger partial charge in [0.2, 0.25) is 0 Å². The van der Waals surface area contributed by atoms with E-state index in [2.05, 4.69) is 28.5 Å². The van der Waals surface area contributed by atoms with Crippen molar-refractivity contribution in [2.24, 2.45) is 10.1 Å². The van der Waals surface area contributed by atoms with Crippen molar-refractivity contribution in [1.82, 2.24) is 9.89 Å². The lowest BCUT2D eigenvalue weighted by molar-refractivity contribution is 0.0527. The van der Waals surface area contributed by atoms with Gasteiger partial charge in [0.05, 0.1) is 12.8 Å². The van der Waals surface area contributed by atoms with Gasteiger partial charge in [-0.05, 0) is 19.7 Å². The van der Waals surface area contributed by atoms with Crippen LogP contribution in [0.3, 0.4) is 0 Å². The molecule has 0 radical (unpaired) electrons. The van der Waals surface area contributed by atoms with Gasteiger partial charge >= 0.3 is 5.97 Å². The third-order valence-corrected chi connectivity index (χ3v) is 1.65.